The second kappa shape index (κ2) is 11.4. The molecule has 2 aromatic carbocycles. The minimum absolute atomic E-state index is 0.105. The maximum Gasteiger partial charge on any atom is 0.490 e. The molecule has 3 aromatic rings. The molecule has 1 fully saturated rings. The number of halogens is 4. The standard InChI is InChI=1S/C21H22ClN5O.C2HF3O2/c1-26-10-12-27(13-11-26)20(15-6-3-2-4-7-15)21(28)25-18-14-23-19-16(22)8-5-9-17(19)24-18;3-2(4,5)1(6)7/h2-9,14,20H,10-13H2,1H3,(H,24,25,28);(H,6,7). The summed E-state index contributed by atoms with van der Waals surface area (Å²) >= 11 is 6.16. The number of likely N-dealkylation sites (N-methyl/N-ethyl adjacent to an activating group) is 1. The number of hydrogen-bond acceptors (Lipinski definition) is 6. The Morgan fingerprint density at radius 2 is 1.69 bits per heavy atom. The van der Waals surface area contributed by atoms with E-state index in [0.717, 1.165) is 31.7 Å². The molecule has 2 N–H and O–H groups in total. The zero-order valence-electron chi connectivity index (χ0n) is 18.7. The van der Waals surface area contributed by atoms with Gasteiger partial charge in [0.25, 0.3) is 0 Å². The maximum absolute atomic E-state index is 13.2. The quantitative estimate of drug-likeness (QED) is 0.551. The van der Waals surface area contributed by atoms with Gasteiger partial charge in [-0.15, -0.1) is 0 Å². The van der Waals surface area contributed by atoms with Gasteiger partial charge in [-0.05, 0) is 24.7 Å². The molecule has 1 saturated heterocycles. The molecule has 0 radical (unpaired) electrons. The van der Waals surface area contributed by atoms with E-state index in [-0.39, 0.29) is 11.9 Å². The highest BCUT2D eigenvalue weighted by atomic mass is 35.5. The first kappa shape index (κ1) is 26.3. The molecule has 0 saturated carbocycles. The van der Waals surface area contributed by atoms with Crippen molar-refractivity contribution in [2.75, 3.05) is 38.5 Å². The Kier molecular flexibility index (Phi) is 8.60. The molecule has 0 aliphatic carbocycles. The highest BCUT2D eigenvalue weighted by Crippen LogP contribution is 2.25. The summed E-state index contributed by atoms with van der Waals surface area (Å²) in [6.45, 7) is 3.54. The van der Waals surface area contributed by atoms with E-state index in [1.54, 1.807) is 12.3 Å². The third-order valence-corrected chi connectivity index (χ3v) is 5.59. The Bertz CT molecular complexity index is 1170. The average molecular weight is 510 g/mol. The fraction of sp³-hybridized carbons (Fsp3) is 0.304. The van der Waals surface area contributed by atoms with Crippen LogP contribution in [0.4, 0.5) is 19.0 Å². The second-order valence-corrected chi connectivity index (χ2v) is 8.21. The van der Waals surface area contributed by atoms with Crippen LogP contribution in [0.2, 0.25) is 5.02 Å². The van der Waals surface area contributed by atoms with E-state index >= 15 is 0 Å². The van der Waals surface area contributed by atoms with E-state index in [2.05, 4.69) is 32.1 Å². The van der Waals surface area contributed by atoms with Crippen molar-refractivity contribution in [3.63, 3.8) is 0 Å². The molecular formula is C23H23ClF3N5O3. The number of rotatable bonds is 4. The van der Waals surface area contributed by atoms with Crippen molar-refractivity contribution in [1.29, 1.82) is 0 Å². The van der Waals surface area contributed by atoms with Gasteiger partial charge in [-0.1, -0.05) is 48.0 Å². The maximum atomic E-state index is 13.2. The van der Waals surface area contributed by atoms with E-state index in [1.165, 1.54) is 0 Å². The normalized spacial score (nSPS) is 15.7. The van der Waals surface area contributed by atoms with E-state index in [1.807, 2.05) is 42.5 Å². The van der Waals surface area contributed by atoms with E-state index < -0.39 is 12.1 Å². The van der Waals surface area contributed by atoms with Crippen LogP contribution >= 0.6 is 11.6 Å². The van der Waals surface area contributed by atoms with Crippen LogP contribution in [-0.2, 0) is 9.59 Å². The van der Waals surface area contributed by atoms with Gasteiger partial charge in [0.15, 0.2) is 5.82 Å². The first-order chi connectivity index (χ1) is 16.6. The van der Waals surface area contributed by atoms with Gasteiger partial charge >= 0.3 is 12.1 Å². The molecule has 35 heavy (non-hydrogen) atoms. The Morgan fingerprint density at radius 1 is 1.06 bits per heavy atom. The molecule has 0 spiro atoms. The molecule has 1 aliphatic heterocycles. The Hall–Kier alpha value is -3.28. The molecule has 1 aromatic heterocycles. The number of piperazine rings is 1. The number of fused-ring (bicyclic) bond motifs is 1. The number of amides is 1. The fourth-order valence-corrected chi connectivity index (χ4v) is 3.72. The Labute approximate surface area is 204 Å². The van der Waals surface area contributed by atoms with Crippen molar-refractivity contribution in [1.82, 2.24) is 19.8 Å². The third-order valence-electron chi connectivity index (χ3n) is 5.28. The highest BCUT2D eigenvalue weighted by Gasteiger charge is 2.38. The number of hydrogen-bond donors (Lipinski definition) is 2. The smallest absolute Gasteiger partial charge is 0.475 e. The van der Waals surface area contributed by atoms with Crippen LogP contribution in [0, 0.1) is 0 Å². The number of carboxylic acids is 1. The zero-order chi connectivity index (χ0) is 25.6. The summed E-state index contributed by atoms with van der Waals surface area (Å²) in [5.41, 5.74) is 2.25. The molecule has 4 rings (SSSR count). The fourth-order valence-electron chi connectivity index (χ4n) is 3.50. The molecule has 1 aliphatic rings. The topological polar surface area (TPSA) is 98.7 Å². The minimum Gasteiger partial charge on any atom is -0.475 e. The van der Waals surface area contributed by atoms with Crippen LogP contribution in [0.1, 0.15) is 11.6 Å². The summed E-state index contributed by atoms with van der Waals surface area (Å²) in [5, 5.41) is 10.6. The SMILES string of the molecule is CN1CCN(C(C(=O)Nc2cnc3c(Cl)cccc3n2)c2ccccc2)CC1.O=C(O)C(F)(F)F. The number of aliphatic carboxylic acids is 1. The molecule has 0 bridgehead atoms. The summed E-state index contributed by atoms with van der Waals surface area (Å²) in [7, 11) is 2.10. The lowest BCUT2D eigenvalue weighted by Gasteiger charge is -2.37. The van der Waals surface area contributed by atoms with Gasteiger partial charge in [0.1, 0.15) is 11.6 Å². The molecule has 1 atom stereocenters. The number of alkyl halides is 3. The second-order valence-electron chi connectivity index (χ2n) is 7.81. The van der Waals surface area contributed by atoms with Crippen molar-refractivity contribution in [3.05, 3.63) is 65.3 Å². The van der Waals surface area contributed by atoms with Crippen LogP contribution in [0.25, 0.3) is 11.0 Å². The highest BCUT2D eigenvalue weighted by molar-refractivity contribution is 6.34. The monoisotopic (exact) mass is 509 g/mol. The number of nitrogens with one attached hydrogen (secondary N) is 1. The van der Waals surface area contributed by atoms with Gasteiger partial charge in [-0.3, -0.25) is 9.69 Å². The number of para-hydroxylation sites is 1. The number of carboxylic acid groups (broad SMARTS) is 1. The van der Waals surface area contributed by atoms with Gasteiger partial charge in [-0.2, -0.15) is 13.2 Å². The predicted molar refractivity (Wildman–Crippen MR) is 125 cm³/mol. The minimum atomic E-state index is -5.08. The first-order valence-corrected chi connectivity index (χ1v) is 10.9. The number of benzene rings is 2. The van der Waals surface area contributed by atoms with Crippen molar-refractivity contribution in [2.45, 2.75) is 12.2 Å². The Morgan fingerprint density at radius 3 is 2.29 bits per heavy atom. The summed E-state index contributed by atoms with van der Waals surface area (Å²) < 4.78 is 31.7. The average Bonchev–Trinajstić information content (AvgIpc) is 2.81. The zero-order valence-corrected chi connectivity index (χ0v) is 19.4. The number of nitrogens with zero attached hydrogens (tertiary/aromatic N) is 4. The van der Waals surface area contributed by atoms with E-state index in [4.69, 9.17) is 21.5 Å². The molecule has 2 heterocycles. The summed E-state index contributed by atoms with van der Waals surface area (Å²) in [4.78, 5) is 35.5. The van der Waals surface area contributed by atoms with Gasteiger partial charge in [0, 0.05) is 26.2 Å². The summed E-state index contributed by atoms with van der Waals surface area (Å²) in [6.07, 6.45) is -3.53. The molecule has 1 unspecified atom stereocenters. The lowest BCUT2D eigenvalue weighted by Crippen LogP contribution is -2.48. The molecule has 12 heteroatoms. The predicted octanol–water partition coefficient (Wildman–Crippen LogP) is 3.84. The lowest BCUT2D eigenvalue weighted by atomic mass is 10.0. The largest absolute Gasteiger partial charge is 0.490 e. The van der Waals surface area contributed by atoms with Crippen LogP contribution in [0.15, 0.2) is 54.7 Å². The molecule has 186 valence electrons. The van der Waals surface area contributed by atoms with Gasteiger partial charge in [-0.25, -0.2) is 14.8 Å². The van der Waals surface area contributed by atoms with Crippen molar-refractivity contribution < 1.29 is 27.9 Å². The lowest BCUT2D eigenvalue weighted by molar-refractivity contribution is -0.192. The number of anilines is 1. The van der Waals surface area contributed by atoms with E-state index in [9.17, 15) is 18.0 Å². The number of carbonyl (C=O) groups excluding carboxylic acids is 1. The van der Waals surface area contributed by atoms with Crippen LogP contribution in [0.5, 0.6) is 0 Å². The van der Waals surface area contributed by atoms with Crippen LogP contribution < -0.4 is 5.32 Å². The van der Waals surface area contributed by atoms with Gasteiger partial charge < -0.3 is 15.3 Å². The number of carbonyl (C=O) groups is 2. The van der Waals surface area contributed by atoms with Crippen molar-refractivity contribution in [3.8, 4) is 0 Å². The molecular weight excluding hydrogens is 487 g/mol. The summed E-state index contributed by atoms with van der Waals surface area (Å²) in [6, 6.07) is 14.9. The number of aromatic nitrogens is 2. The Balaban J connectivity index is 0.000000429. The molecule has 1 amide bonds. The third kappa shape index (κ3) is 7.10. The van der Waals surface area contributed by atoms with Crippen LogP contribution in [0.3, 0.4) is 0 Å². The van der Waals surface area contributed by atoms with Gasteiger partial charge in [0.2, 0.25) is 5.91 Å². The van der Waals surface area contributed by atoms with Crippen molar-refractivity contribution in [2.24, 2.45) is 0 Å². The molecule has 8 nitrogen and oxygen atoms in total. The van der Waals surface area contributed by atoms with E-state index in [0.29, 0.717) is 21.9 Å². The summed E-state index contributed by atoms with van der Waals surface area (Å²) in [5.74, 6) is -2.44. The van der Waals surface area contributed by atoms with Crippen molar-refractivity contribution >= 4 is 40.3 Å². The van der Waals surface area contributed by atoms with Gasteiger partial charge in [0.05, 0.1) is 16.7 Å². The first-order valence-electron chi connectivity index (χ1n) is 10.6. The van der Waals surface area contributed by atoms with Crippen LogP contribution in [-0.4, -0.2) is 76.2 Å².